The molecule has 30 heavy (non-hydrogen) atoms. The van der Waals surface area contributed by atoms with E-state index in [0.29, 0.717) is 30.6 Å². The largest absolute Gasteiger partial charge is 0.454 e. The third-order valence-electron chi connectivity index (χ3n) is 4.59. The van der Waals surface area contributed by atoms with Crippen LogP contribution in [0.2, 0.25) is 5.02 Å². The average Bonchev–Trinajstić information content (AvgIpc) is 2.70. The standard InChI is InChI=1S/C19H17ClN2O7S/c1-30(27,28)21-8-2-3-12-9-13(4-7-16(12)21)18(23)11-29-19(24)15-6-5-14(20)10-17(15)22(25)26/h4-7,9-10H,2-3,8,11H2,1H3. The number of hydrogen-bond acceptors (Lipinski definition) is 7. The lowest BCUT2D eigenvalue weighted by Gasteiger charge is -2.29. The summed E-state index contributed by atoms with van der Waals surface area (Å²) in [5.41, 5.74) is 0.648. The molecule has 0 spiro atoms. The number of rotatable bonds is 6. The number of sulfonamides is 1. The molecule has 0 fully saturated rings. The smallest absolute Gasteiger partial charge is 0.345 e. The fraction of sp³-hybridized carbons (Fsp3) is 0.263. The summed E-state index contributed by atoms with van der Waals surface area (Å²) in [6, 6.07) is 8.08. The molecule has 0 saturated carbocycles. The van der Waals surface area contributed by atoms with Gasteiger partial charge in [-0.2, -0.15) is 0 Å². The molecule has 2 aromatic carbocycles. The van der Waals surface area contributed by atoms with Crippen LogP contribution in [-0.2, 0) is 21.2 Å². The minimum absolute atomic E-state index is 0.0894. The number of benzene rings is 2. The molecule has 158 valence electrons. The van der Waals surface area contributed by atoms with E-state index >= 15 is 0 Å². The van der Waals surface area contributed by atoms with Crippen LogP contribution in [0, 0.1) is 10.1 Å². The number of ether oxygens (including phenoxy) is 1. The monoisotopic (exact) mass is 452 g/mol. The third-order valence-corrected chi connectivity index (χ3v) is 6.00. The molecule has 2 aromatic rings. The van der Waals surface area contributed by atoms with E-state index in [1.807, 2.05) is 0 Å². The molecular weight excluding hydrogens is 436 g/mol. The number of nitro groups is 1. The summed E-state index contributed by atoms with van der Waals surface area (Å²) in [5.74, 6) is -1.54. The van der Waals surface area contributed by atoms with E-state index in [0.717, 1.165) is 18.4 Å². The van der Waals surface area contributed by atoms with Crippen LogP contribution < -0.4 is 4.31 Å². The SMILES string of the molecule is CS(=O)(=O)N1CCCc2cc(C(=O)COC(=O)c3ccc(Cl)cc3[N+](=O)[O-])ccc21. The first-order valence-electron chi connectivity index (χ1n) is 8.83. The van der Waals surface area contributed by atoms with Crippen molar-refractivity contribution in [1.82, 2.24) is 0 Å². The summed E-state index contributed by atoms with van der Waals surface area (Å²) in [4.78, 5) is 35.0. The molecule has 0 unspecified atom stereocenters. The van der Waals surface area contributed by atoms with Crippen molar-refractivity contribution in [2.24, 2.45) is 0 Å². The van der Waals surface area contributed by atoms with Crippen molar-refractivity contribution < 1.29 is 27.7 Å². The molecule has 1 aliphatic heterocycles. The van der Waals surface area contributed by atoms with Crippen LogP contribution in [0.4, 0.5) is 11.4 Å². The Hall–Kier alpha value is -2.98. The number of fused-ring (bicyclic) bond motifs is 1. The zero-order valence-corrected chi connectivity index (χ0v) is 17.4. The number of esters is 1. The summed E-state index contributed by atoms with van der Waals surface area (Å²) in [6.07, 6.45) is 2.35. The Bertz CT molecular complexity index is 1150. The molecule has 1 heterocycles. The molecule has 0 bridgehead atoms. The van der Waals surface area contributed by atoms with Crippen LogP contribution in [0.25, 0.3) is 0 Å². The van der Waals surface area contributed by atoms with Crippen LogP contribution in [0.5, 0.6) is 0 Å². The number of nitro benzene ring substituents is 1. The Balaban J connectivity index is 1.75. The molecule has 0 N–H and O–H groups in total. The first kappa shape index (κ1) is 21.7. The molecule has 0 amide bonds. The molecular formula is C19H17ClN2O7S. The Kier molecular flexibility index (Phi) is 6.09. The van der Waals surface area contributed by atoms with Gasteiger partial charge in [0.1, 0.15) is 5.56 Å². The van der Waals surface area contributed by atoms with E-state index in [1.54, 1.807) is 12.1 Å². The maximum absolute atomic E-state index is 12.5. The van der Waals surface area contributed by atoms with Crippen LogP contribution in [0.15, 0.2) is 36.4 Å². The van der Waals surface area contributed by atoms with E-state index in [9.17, 15) is 28.1 Å². The van der Waals surface area contributed by atoms with Crippen molar-refractivity contribution in [3.05, 3.63) is 68.2 Å². The van der Waals surface area contributed by atoms with Gasteiger partial charge in [-0.05, 0) is 48.7 Å². The maximum atomic E-state index is 12.5. The topological polar surface area (TPSA) is 124 Å². The Morgan fingerprint density at radius 3 is 2.63 bits per heavy atom. The van der Waals surface area contributed by atoms with Gasteiger partial charge in [0.2, 0.25) is 10.0 Å². The van der Waals surface area contributed by atoms with Crippen LogP contribution in [0.1, 0.15) is 32.7 Å². The first-order valence-corrected chi connectivity index (χ1v) is 11.1. The predicted molar refractivity (Wildman–Crippen MR) is 110 cm³/mol. The van der Waals surface area contributed by atoms with Gasteiger partial charge in [0, 0.05) is 23.2 Å². The molecule has 1 aliphatic rings. The minimum atomic E-state index is -3.42. The van der Waals surface area contributed by atoms with Gasteiger partial charge in [-0.1, -0.05) is 11.6 Å². The fourth-order valence-corrected chi connectivity index (χ4v) is 4.36. The highest BCUT2D eigenvalue weighted by Gasteiger charge is 2.26. The average molecular weight is 453 g/mol. The number of halogens is 1. The molecule has 0 radical (unpaired) electrons. The van der Waals surface area contributed by atoms with Crippen molar-refractivity contribution in [1.29, 1.82) is 0 Å². The quantitative estimate of drug-likeness (QED) is 0.285. The summed E-state index contributed by atoms with van der Waals surface area (Å²) in [6.45, 7) is -0.246. The number of nitrogens with zero attached hydrogens (tertiary/aromatic N) is 2. The second-order valence-electron chi connectivity index (χ2n) is 6.70. The molecule has 9 nitrogen and oxygen atoms in total. The first-order chi connectivity index (χ1) is 14.1. The Morgan fingerprint density at radius 1 is 1.23 bits per heavy atom. The van der Waals surface area contributed by atoms with E-state index < -0.39 is 39.0 Å². The molecule has 11 heteroatoms. The Morgan fingerprint density at radius 2 is 1.97 bits per heavy atom. The van der Waals surface area contributed by atoms with Gasteiger partial charge in [0.15, 0.2) is 12.4 Å². The summed E-state index contributed by atoms with van der Waals surface area (Å²) in [7, 11) is -3.42. The van der Waals surface area contributed by atoms with E-state index in [4.69, 9.17) is 16.3 Å². The van der Waals surface area contributed by atoms with E-state index in [-0.39, 0.29) is 16.1 Å². The highest BCUT2D eigenvalue weighted by molar-refractivity contribution is 7.92. The number of anilines is 1. The third kappa shape index (κ3) is 4.60. The van der Waals surface area contributed by atoms with E-state index in [2.05, 4.69) is 0 Å². The molecule has 3 rings (SSSR count). The second kappa shape index (κ2) is 8.41. The van der Waals surface area contributed by atoms with Crippen molar-refractivity contribution in [2.75, 3.05) is 23.7 Å². The number of Topliss-reactive ketones (excluding diaryl/α,β-unsaturated/α-hetero) is 1. The summed E-state index contributed by atoms with van der Waals surface area (Å²) < 4.78 is 30.1. The Labute approximate surface area is 177 Å². The second-order valence-corrected chi connectivity index (χ2v) is 9.04. The van der Waals surface area contributed by atoms with Gasteiger partial charge < -0.3 is 4.74 Å². The maximum Gasteiger partial charge on any atom is 0.345 e. The normalized spacial score (nSPS) is 13.5. The van der Waals surface area contributed by atoms with Crippen molar-refractivity contribution >= 4 is 44.8 Å². The predicted octanol–water partition coefficient (Wildman–Crippen LogP) is 3.00. The van der Waals surface area contributed by atoms with Crippen LogP contribution in [0.3, 0.4) is 0 Å². The number of ketones is 1. The summed E-state index contributed by atoms with van der Waals surface area (Å²) >= 11 is 5.72. The van der Waals surface area contributed by atoms with Crippen molar-refractivity contribution in [3.8, 4) is 0 Å². The molecule has 0 aliphatic carbocycles. The van der Waals surface area contributed by atoms with Gasteiger partial charge >= 0.3 is 5.97 Å². The van der Waals surface area contributed by atoms with Gasteiger partial charge in [-0.3, -0.25) is 19.2 Å². The van der Waals surface area contributed by atoms with Crippen molar-refractivity contribution in [2.45, 2.75) is 12.8 Å². The number of carbonyl (C=O) groups is 2. The molecule has 0 saturated heterocycles. The molecule has 0 aromatic heterocycles. The lowest BCUT2D eigenvalue weighted by Crippen LogP contribution is -2.34. The molecule has 0 atom stereocenters. The van der Waals surface area contributed by atoms with Crippen molar-refractivity contribution in [3.63, 3.8) is 0 Å². The fourth-order valence-electron chi connectivity index (χ4n) is 3.20. The lowest BCUT2D eigenvalue weighted by molar-refractivity contribution is -0.385. The highest BCUT2D eigenvalue weighted by Crippen LogP contribution is 2.30. The van der Waals surface area contributed by atoms with Gasteiger partial charge in [-0.15, -0.1) is 0 Å². The number of carbonyl (C=O) groups excluding carboxylic acids is 2. The van der Waals surface area contributed by atoms with Gasteiger partial charge in [0.05, 0.1) is 16.9 Å². The zero-order valence-electron chi connectivity index (χ0n) is 15.8. The van der Waals surface area contributed by atoms with Crippen LogP contribution in [-0.4, -0.2) is 44.5 Å². The van der Waals surface area contributed by atoms with Gasteiger partial charge in [-0.25, -0.2) is 13.2 Å². The minimum Gasteiger partial charge on any atom is -0.454 e. The summed E-state index contributed by atoms with van der Waals surface area (Å²) in [5, 5.41) is 11.2. The highest BCUT2D eigenvalue weighted by atomic mass is 35.5. The van der Waals surface area contributed by atoms with Crippen LogP contribution >= 0.6 is 11.6 Å². The zero-order chi connectivity index (χ0) is 22.1. The lowest BCUT2D eigenvalue weighted by atomic mass is 9.99. The number of hydrogen-bond donors (Lipinski definition) is 0. The van der Waals surface area contributed by atoms with E-state index in [1.165, 1.54) is 16.4 Å². The van der Waals surface area contributed by atoms with Gasteiger partial charge in [0.25, 0.3) is 5.69 Å². The number of aryl methyl sites for hydroxylation is 1.